The predicted octanol–water partition coefficient (Wildman–Crippen LogP) is 2.53. The lowest BCUT2D eigenvalue weighted by Gasteiger charge is -2.04. The van der Waals surface area contributed by atoms with Crippen LogP contribution in [-0.2, 0) is 4.79 Å². The van der Waals surface area contributed by atoms with Crippen LogP contribution >= 0.6 is 11.6 Å². The zero-order chi connectivity index (χ0) is 16.7. The second-order valence-corrected chi connectivity index (χ2v) is 5.33. The first-order chi connectivity index (χ1) is 11.0. The molecule has 0 heterocycles. The number of halogens is 1. The molecule has 23 heavy (non-hydrogen) atoms. The molecule has 0 fully saturated rings. The third kappa shape index (κ3) is 5.56. The molecule has 0 saturated carbocycles. The van der Waals surface area contributed by atoms with E-state index < -0.39 is 5.91 Å². The number of hydrazone groups is 1. The van der Waals surface area contributed by atoms with Gasteiger partial charge in [0.05, 0.1) is 12.8 Å². The molecule has 118 valence electrons. The van der Waals surface area contributed by atoms with Gasteiger partial charge in [0.25, 0.3) is 11.8 Å². The molecule has 0 atom stereocenters. The number of carbonyl (C=O) groups excluding carboxylic acids is 2. The van der Waals surface area contributed by atoms with Crippen molar-refractivity contribution in [2.75, 3.05) is 6.54 Å². The maximum Gasteiger partial charge on any atom is 0.259 e. The van der Waals surface area contributed by atoms with E-state index in [1.165, 1.54) is 12.3 Å². The molecule has 2 aromatic rings. The predicted molar refractivity (Wildman–Crippen MR) is 90.7 cm³/mol. The fourth-order valence-corrected chi connectivity index (χ4v) is 1.95. The minimum Gasteiger partial charge on any atom is -0.343 e. The van der Waals surface area contributed by atoms with Crippen LogP contribution in [0.4, 0.5) is 0 Å². The minimum atomic E-state index is -0.413. The second kappa shape index (κ2) is 8.10. The number of hydrogen-bond acceptors (Lipinski definition) is 3. The summed E-state index contributed by atoms with van der Waals surface area (Å²) in [5.41, 5.74) is 4.77. The van der Waals surface area contributed by atoms with Crippen LogP contribution in [0.5, 0.6) is 0 Å². The SMILES string of the molecule is Cc1ccc(/C=N\NC(=O)CNC(=O)c2cccc(Cl)c2)cc1. The van der Waals surface area contributed by atoms with Crippen molar-refractivity contribution in [1.82, 2.24) is 10.7 Å². The molecule has 2 aromatic carbocycles. The highest BCUT2D eigenvalue weighted by Crippen LogP contribution is 2.10. The molecule has 0 bridgehead atoms. The van der Waals surface area contributed by atoms with E-state index in [-0.39, 0.29) is 12.5 Å². The standard InChI is InChI=1S/C17H16ClN3O2/c1-12-5-7-13(8-6-12)10-20-21-16(22)11-19-17(23)14-3-2-4-15(18)9-14/h2-10H,11H2,1H3,(H,19,23)(H,21,22)/b20-10-. The monoisotopic (exact) mass is 329 g/mol. The summed E-state index contributed by atoms with van der Waals surface area (Å²) in [6, 6.07) is 14.2. The second-order valence-electron chi connectivity index (χ2n) is 4.90. The molecule has 0 aliphatic rings. The van der Waals surface area contributed by atoms with E-state index in [0.29, 0.717) is 10.6 Å². The van der Waals surface area contributed by atoms with E-state index >= 15 is 0 Å². The Morgan fingerprint density at radius 2 is 1.91 bits per heavy atom. The van der Waals surface area contributed by atoms with Crippen LogP contribution in [0.3, 0.4) is 0 Å². The Morgan fingerprint density at radius 1 is 1.17 bits per heavy atom. The molecule has 6 heteroatoms. The summed E-state index contributed by atoms with van der Waals surface area (Å²) in [4.78, 5) is 23.5. The van der Waals surface area contributed by atoms with Crippen molar-refractivity contribution < 1.29 is 9.59 Å². The van der Waals surface area contributed by atoms with Crippen molar-refractivity contribution in [2.24, 2.45) is 5.10 Å². The molecule has 2 rings (SSSR count). The topological polar surface area (TPSA) is 70.6 Å². The first-order valence-electron chi connectivity index (χ1n) is 6.97. The summed E-state index contributed by atoms with van der Waals surface area (Å²) in [6.07, 6.45) is 1.54. The molecular formula is C17H16ClN3O2. The third-order valence-electron chi connectivity index (χ3n) is 2.98. The number of amides is 2. The van der Waals surface area contributed by atoms with Crippen LogP contribution < -0.4 is 10.7 Å². The van der Waals surface area contributed by atoms with Gasteiger partial charge in [-0.3, -0.25) is 9.59 Å². The quantitative estimate of drug-likeness (QED) is 0.653. The number of nitrogens with one attached hydrogen (secondary N) is 2. The van der Waals surface area contributed by atoms with Gasteiger partial charge in [0.2, 0.25) is 0 Å². The van der Waals surface area contributed by atoms with Crippen molar-refractivity contribution in [3.63, 3.8) is 0 Å². The molecule has 0 unspecified atom stereocenters. The van der Waals surface area contributed by atoms with Gasteiger partial charge in [0.1, 0.15) is 0 Å². The zero-order valence-corrected chi connectivity index (χ0v) is 13.3. The molecule has 2 amide bonds. The van der Waals surface area contributed by atoms with Crippen LogP contribution in [0.2, 0.25) is 5.02 Å². The molecule has 0 aliphatic carbocycles. The zero-order valence-electron chi connectivity index (χ0n) is 12.5. The summed E-state index contributed by atoms with van der Waals surface area (Å²) >= 11 is 5.81. The molecule has 0 saturated heterocycles. The van der Waals surface area contributed by atoms with Crippen molar-refractivity contribution in [3.8, 4) is 0 Å². The van der Waals surface area contributed by atoms with E-state index in [1.807, 2.05) is 31.2 Å². The minimum absolute atomic E-state index is 0.170. The number of benzene rings is 2. The first-order valence-corrected chi connectivity index (χ1v) is 7.35. The Bertz CT molecular complexity index is 727. The summed E-state index contributed by atoms with van der Waals surface area (Å²) < 4.78 is 0. The normalized spacial score (nSPS) is 10.5. The van der Waals surface area contributed by atoms with Crippen molar-refractivity contribution in [1.29, 1.82) is 0 Å². The molecule has 0 aliphatic heterocycles. The lowest BCUT2D eigenvalue weighted by molar-refractivity contribution is -0.120. The number of nitrogens with zero attached hydrogens (tertiary/aromatic N) is 1. The van der Waals surface area contributed by atoms with Gasteiger partial charge >= 0.3 is 0 Å². The Morgan fingerprint density at radius 3 is 2.61 bits per heavy atom. The maximum absolute atomic E-state index is 11.8. The summed E-state index contributed by atoms with van der Waals surface area (Å²) in [6.45, 7) is 1.82. The number of carbonyl (C=O) groups is 2. The van der Waals surface area contributed by atoms with Crippen LogP contribution in [-0.4, -0.2) is 24.6 Å². The molecule has 5 nitrogen and oxygen atoms in total. The highest BCUT2D eigenvalue weighted by atomic mass is 35.5. The maximum atomic E-state index is 11.8. The average molecular weight is 330 g/mol. The highest BCUT2D eigenvalue weighted by Gasteiger charge is 2.07. The van der Waals surface area contributed by atoms with Crippen molar-refractivity contribution in [3.05, 3.63) is 70.2 Å². The molecular weight excluding hydrogens is 314 g/mol. The van der Waals surface area contributed by atoms with Gasteiger partial charge < -0.3 is 5.32 Å². The van der Waals surface area contributed by atoms with Gasteiger partial charge in [-0.05, 0) is 30.7 Å². The lowest BCUT2D eigenvalue weighted by atomic mass is 10.2. The first kappa shape index (κ1) is 16.7. The Balaban J connectivity index is 1.78. The molecule has 0 aromatic heterocycles. The third-order valence-corrected chi connectivity index (χ3v) is 3.21. The number of aryl methyl sites for hydroxylation is 1. The molecule has 0 radical (unpaired) electrons. The van der Waals surface area contributed by atoms with Gasteiger partial charge in [-0.15, -0.1) is 0 Å². The number of hydrogen-bond donors (Lipinski definition) is 2. The lowest BCUT2D eigenvalue weighted by Crippen LogP contribution is -2.34. The smallest absolute Gasteiger partial charge is 0.259 e. The van der Waals surface area contributed by atoms with Crippen molar-refractivity contribution >= 4 is 29.6 Å². The Labute approximate surface area is 139 Å². The largest absolute Gasteiger partial charge is 0.343 e. The van der Waals surface area contributed by atoms with Crippen LogP contribution in [0.25, 0.3) is 0 Å². The van der Waals surface area contributed by atoms with Gasteiger partial charge in [-0.2, -0.15) is 5.10 Å². The van der Waals surface area contributed by atoms with Crippen LogP contribution in [0.1, 0.15) is 21.5 Å². The highest BCUT2D eigenvalue weighted by molar-refractivity contribution is 6.30. The average Bonchev–Trinajstić information content (AvgIpc) is 2.54. The van der Waals surface area contributed by atoms with Gasteiger partial charge in [-0.25, -0.2) is 5.43 Å². The van der Waals surface area contributed by atoms with Crippen molar-refractivity contribution in [2.45, 2.75) is 6.92 Å². The van der Waals surface area contributed by atoms with E-state index in [1.54, 1.807) is 18.2 Å². The van der Waals surface area contributed by atoms with E-state index in [4.69, 9.17) is 11.6 Å². The number of rotatable bonds is 5. The Kier molecular flexibility index (Phi) is 5.88. The summed E-state index contributed by atoms with van der Waals surface area (Å²) in [5.74, 6) is -0.783. The summed E-state index contributed by atoms with van der Waals surface area (Å²) in [5, 5.41) is 6.80. The van der Waals surface area contributed by atoms with E-state index in [2.05, 4.69) is 15.8 Å². The van der Waals surface area contributed by atoms with Gasteiger partial charge in [0, 0.05) is 10.6 Å². The van der Waals surface area contributed by atoms with Crippen LogP contribution in [0.15, 0.2) is 53.6 Å². The van der Waals surface area contributed by atoms with E-state index in [0.717, 1.165) is 11.1 Å². The van der Waals surface area contributed by atoms with E-state index in [9.17, 15) is 9.59 Å². The molecule has 2 N–H and O–H groups in total. The Hall–Kier alpha value is -2.66. The van der Waals surface area contributed by atoms with Gasteiger partial charge in [-0.1, -0.05) is 47.5 Å². The fraction of sp³-hybridized carbons (Fsp3) is 0.118. The summed E-state index contributed by atoms with van der Waals surface area (Å²) in [7, 11) is 0. The van der Waals surface area contributed by atoms with Gasteiger partial charge in [0.15, 0.2) is 0 Å². The van der Waals surface area contributed by atoms with Crippen LogP contribution in [0, 0.1) is 6.92 Å². The fourth-order valence-electron chi connectivity index (χ4n) is 1.76. The molecule has 0 spiro atoms.